The van der Waals surface area contributed by atoms with E-state index in [0.717, 1.165) is 12.1 Å². The van der Waals surface area contributed by atoms with Crippen molar-refractivity contribution >= 4 is 27.4 Å². The number of nitro benzene ring substituents is 1. The molecule has 2 aromatic rings. The van der Waals surface area contributed by atoms with E-state index in [1.807, 2.05) is 4.72 Å². The molecular weight excluding hydrogens is 302 g/mol. The van der Waals surface area contributed by atoms with E-state index in [-0.39, 0.29) is 11.9 Å². The summed E-state index contributed by atoms with van der Waals surface area (Å²) in [5.74, 6) is 0.160. The summed E-state index contributed by atoms with van der Waals surface area (Å²) in [5, 5.41) is 20.7. The second-order valence-electron chi connectivity index (χ2n) is 3.92. The van der Waals surface area contributed by atoms with Crippen molar-refractivity contribution in [3.63, 3.8) is 0 Å². The summed E-state index contributed by atoms with van der Waals surface area (Å²) in [7, 11) is -2.65. The van der Waals surface area contributed by atoms with Gasteiger partial charge in [-0.25, -0.2) is 13.1 Å². The number of anilines is 2. The van der Waals surface area contributed by atoms with Gasteiger partial charge in [-0.1, -0.05) is 5.10 Å². The van der Waals surface area contributed by atoms with Crippen LogP contribution in [0.2, 0.25) is 0 Å². The van der Waals surface area contributed by atoms with Gasteiger partial charge in [0, 0.05) is 25.7 Å². The third-order valence-corrected chi connectivity index (χ3v) is 3.85. The number of nitro groups is 1. The van der Waals surface area contributed by atoms with Crippen LogP contribution in [0.25, 0.3) is 0 Å². The number of benzene rings is 1. The number of aromatic nitrogens is 2. The predicted molar refractivity (Wildman–Crippen MR) is 72.5 cm³/mol. The molecule has 1 heterocycles. The van der Waals surface area contributed by atoms with Gasteiger partial charge in [0.2, 0.25) is 5.89 Å². The van der Waals surface area contributed by atoms with Gasteiger partial charge in [-0.3, -0.25) is 10.1 Å². The van der Waals surface area contributed by atoms with Crippen LogP contribution < -0.4 is 10.0 Å². The maximum atomic E-state index is 12.2. The highest BCUT2D eigenvalue weighted by Gasteiger charge is 2.27. The minimum atomic E-state index is -4.22. The van der Waals surface area contributed by atoms with Crippen molar-refractivity contribution in [2.45, 2.75) is 11.8 Å². The molecule has 2 N–H and O–H groups in total. The van der Waals surface area contributed by atoms with E-state index >= 15 is 0 Å². The lowest BCUT2D eigenvalue weighted by Gasteiger charge is -2.06. The Bertz CT molecular complexity index is 785. The Morgan fingerprint density at radius 1 is 1.33 bits per heavy atom. The van der Waals surface area contributed by atoms with Gasteiger partial charge < -0.3 is 9.73 Å². The number of nitrogens with zero attached hydrogens (tertiary/aromatic N) is 3. The van der Waals surface area contributed by atoms with Crippen LogP contribution in [0.3, 0.4) is 0 Å². The average molecular weight is 313 g/mol. The summed E-state index contributed by atoms with van der Waals surface area (Å²) in [6.45, 7) is 1.48. The van der Waals surface area contributed by atoms with Crippen molar-refractivity contribution in [2.75, 3.05) is 17.1 Å². The van der Waals surface area contributed by atoms with Gasteiger partial charge in [0.15, 0.2) is 4.90 Å². The molecule has 0 spiro atoms. The van der Waals surface area contributed by atoms with Crippen molar-refractivity contribution in [3.05, 3.63) is 34.2 Å². The van der Waals surface area contributed by atoms with Crippen LogP contribution in [0.15, 0.2) is 27.5 Å². The zero-order valence-corrected chi connectivity index (χ0v) is 11.8. The lowest BCUT2D eigenvalue weighted by atomic mass is 10.3. The molecule has 0 radical (unpaired) electrons. The van der Waals surface area contributed by atoms with E-state index < -0.39 is 25.5 Å². The van der Waals surface area contributed by atoms with Crippen molar-refractivity contribution in [2.24, 2.45) is 0 Å². The van der Waals surface area contributed by atoms with E-state index in [9.17, 15) is 18.5 Å². The van der Waals surface area contributed by atoms with Crippen LogP contribution in [0.4, 0.5) is 17.4 Å². The first-order valence-corrected chi connectivity index (χ1v) is 7.11. The Hall–Kier alpha value is -2.69. The molecule has 0 bridgehead atoms. The molecule has 0 fully saturated rings. The topological polar surface area (TPSA) is 140 Å². The van der Waals surface area contributed by atoms with E-state index in [4.69, 9.17) is 4.42 Å². The number of sulfonamides is 1. The van der Waals surface area contributed by atoms with E-state index in [1.165, 1.54) is 13.0 Å². The summed E-state index contributed by atoms with van der Waals surface area (Å²) in [6, 6.07) is 3.28. The second-order valence-corrected chi connectivity index (χ2v) is 5.57. The molecule has 112 valence electrons. The largest absolute Gasteiger partial charge is 0.408 e. The Morgan fingerprint density at radius 3 is 2.57 bits per heavy atom. The Kier molecular flexibility index (Phi) is 3.76. The number of hydrogen-bond acceptors (Lipinski definition) is 8. The SMILES string of the molecule is CNc1ccc(S(=O)(=O)Nc2nnc(C)o2)c([N+](=O)[O-])c1. The number of hydrogen-bond donors (Lipinski definition) is 2. The molecule has 0 aliphatic heterocycles. The van der Waals surface area contributed by atoms with Crippen molar-refractivity contribution in [1.29, 1.82) is 0 Å². The fourth-order valence-corrected chi connectivity index (χ4v) is 2.63. The van der Waals surface area contributed by atoms with Gasteiger partial charge in [-0.15, -0.1) is 5.10 Å². The van der Waals surface area contributed by atoms with E-state index in [0.29, 0.717) is 5.69 Å². The molecule has 10 nitrogen and oxygen atoms in total. The molecule has 0 saturated carbocycles. The number of aryl methyl sites for hydroxylation is 1. The van der Waals surface area contributed by atoms with Crippen LogP contribution in [-0.4, -0.2) is 30.6 Å². The third-order valence-electron chi connectivity index (χ3n) is 2.48. The smallest absolute Gasteiger partial charge is 0.329 e. The molecule has 1 aromatic heterocycles. The van der Waals surface area contributed by atoms with Gasteiger partial charge >= 0.3 is 6.01 Å². The Labute approximate surface area is 119 Å². The van der Waals surface area contributed by atoms with Crippen LogP contribution in [0.5, 0.6) is 0 Å². The van der Waals surface area contributed by atoms with Gasteiger partial charge in [-0.2, -0.15) is 0 Å². The highest BCUT2D eigenvalue weighted by atomic mass is 32.2. The molecule has 0 aliphatic rings. The Balaban J connectivity index is 2.46. The van der Waals surface area contributed by atoms with E-state index in [2.05, 4.69) is 15.5 Å². The normalized spacial score (nSPS) is 11.1. The average Bonchev–Trinajstić information content (AvgIpc) is 2.82. The summed E-state index contributed by atoms with van der Waals surface area (Å²) < 4.78 is 31.2. The van der Waals surface area contributed by atoms with Crippen LogP contribution in [-0.2, 0) is 10.0 Å². The van der Waals surface area contributed by atoms with E-state index in [1.54, 1.807) is 7.05 Å². The molecule has 11 heteroatoms. The summed E-state index contributed by atoms with van der Waals surface area (Å²) in [5.41, 5.74) is -0.153. The molecule has 1 aromatic carbocycles. The van der Waals surface area contributed by atoms with Crippen molar-refractivity contribution in [1.82, 2.24) is 10.2 Å². The molecule has 0 unspecified atom stereocenters. The lowest BCUT2D eigenvalue weighted by molar-refractivity contribution is -0.387. The zero-order valence-electron chi connectivity index (χ0n) is 11.0. The van der Waals surface area contributed by atoms with Gasteiger partial charge in [0.05, 0.1) is 4.92 Å². The monoisotopic (exact) mass is 313 g/mol. The molecule has 0 amide bonds. The fourth-order valence-electron chi connectivity index (χ4n) is 1.55. The fraction of sp³-hybridized carbons (Fsp3) is 0.200. The van der Waals surface area contributed by atoms with Gasteiger partial charge in [-0.05, 0) is 12.1 Å². The summed E-state index contributed by atoms with van der Waals surface area (Å²) >= 11 is 0. The van der Waals surface area contributed by atoms with Crippen molar-refractivity contribution < 1.29 is 17.8 Å². The quantitative estimate of drug-likeness (QED) is 0.618. The summed E-state index contributed by atoms with van der Waals surface area (Å²) in [6.07, 6.45) is 0. The molecule has 21 heavy (non-hydrogen) atoms. The predicted octanol–water partition coefficient (Wildman–Crippen LogP) is 1.13. The molecule has 0 saturated heterocycles. The second kappa shape index (κ2) is 5.36. The van der Waals surface area contributed by atoms with Crippen molar-refractivity contribution in [3.8, 4) is 0 Å². The lowest BCUT2D eigenvalue weighted by Crippen LogP contribution is -2.15. The molecular formula is C10H11N5O5S. The molecule has 0 atom stereocenters. The number of nitrogens with one attached hydrogen (secondary N) is 2. The first-order chi connectivity index (χ1) is 9.83. The zero-order chi connectivity index (χ0) is 15.6. The first-order valence-electron chi connectivity index (χ1n) is 5.62. The minimum absolute atomic E-state index is 0.160. The minimum Gasteiger partial charge on any atom is -0.408 e. The maximum Gasteiger partial charge on any atom is 0.329 e. The standard InChI is InChI=1S/C10H11N5O5S/c1-6-12-13-10(20-6)14-21(18,19)9-4-3-7(11-2)5-8(9)15(16)17/h3-5,11H,1-2H3,(H,13,14). The molecule has 0 aliphatic carbocycles. The van der Waals surface area contributed by atoms with Gasteiger partial charge in [0.1, 0.15) is 0 Å². The number of rotatable bonds is 5. The highest BCUT2D eigenvalue weighted by Crippen LogP contribution is 2.28. The summed E-state index contributed by atoms with van der Waals surface area (Å²) in [4.78, 5) is 9.75. The molecule has 2 rings (SSSR count). The van der Waals surface area contributed by atoms with Crippen LogP contribution in [0, 0.1) is 17.0 Å². The maximum absolute atomic E-state index is 12.2. The van der Waals surface area contributed by atoms with Crippen LogP contribution in [0.1, 0.15) is 5.89 Å². The first kappa shape index (κ1) is 14.7. The van der Waals surface area contributed by atoms with Crippen LogP contribution >= 0.6 is 0 Å². The highest BCUT2D eigenvalue weighted by molar-refractivity contribution is 7.92. The van der Waals surface area contributed by atoms with Gasteiger partial charge in [0.25, 0.3) is 15.7 Å². The Morgan fingerprint density at radius 2 is 2.05 bits per heavy atom. The third kappa shape index (κ3) is 3.08.